The number of primary amides is 1. The Kier molecular flexibility index (Phi) is 2.78. The molecule has 1 amide bonds. The van der Waals surface area contributed by atoms with E-state index in [4.69, 9.17) is 22.1 Å². The van der Waals surface area contributed by atoms with Crippen molar-refractivity contribution in [1.29, 1.82) is 0 Å². The van der Waals surface area contributed by atoms with Crippen molar-refractivity contribution >= 4 is 17.5 Å². The lowest BCUT2D eigenvalue weighted by Crippen LogP contribution is -2.11. The molecule has 0 saturated heterocycles. The first-order chi connectivity index (χ1) is 6.06. The van der Waals surface area contributed by atoms with Crippen LogP contribution >= 0.6 is 11.6 Å². The van der Waals surface area contributed by atoms with Gasteiger partial charge in [-0.05, 0) is 24.6 Å². The Balaban J connectivity index is 3.30. The van der Waals surface area contributed by atoms with Crippen molar-refractivity contribution in [3.63, 3.8) is 0 Å². The number of amides is 1. The molecule has 0 aliphatic rings. The van der Waals surface area contributed by atoms with Crippen LogP contribution in [0.5, 0.6) is 5.75 Å². The van der Waals surface area contributed by atoms with Gasteiger partial charge in [0.25, 0.3) is 0 Å². The highest BCUT2D eigenvalue weighted by molar-refractivity contribution is 6.33. The SMILES string of the molecule is COc1cc(C(N)=O)cc(C)c1Cl. The van der Waals surface area contributed by atoms with Crippen LogP contribution in [0.3, 0.4) is 0 Å². The third kappa shape index (κ3) is 1.92. The van der Waals surface area contributed by atoms with Gasteiger partial charge < -0.3 is 10.5 Å². The predicted molar refractivity (Wildman–Crippen MR) is 51.3 cm³/mol. The highest BCUT2D eigenvalue weighted by atomic mass is 35.5. The van der Waals surface area contributed by atoms with E-state index in [9.17, 15) is 4.79 Å². The number of ether oxygens (including phenoxy) is 1. The van der Waals surface area contributed by atoms with E-state index in [-0.39, 0.29) is 0 Å². The van der Waals surface area contributed by atoms with Gasteiger partial charge in [0, 0.05) is 5.56 Å². The summed E-state index contributed by atoms with van der Waals surface area (Å²) in [6.07, 6.45) is 0. The number of halogens is 1. The third-order valence-corrected chi connectivity index (χ3v) is 2.21. The van der Waals surface area contributed by atoms with Crippen molar-refractivity contribution in [3.05, 3.63) is 28.3 Å². The van der Waals surface area contributed by atoms with Gasteiger partial charge in [-0.25, -0.2) is 0 Å². The summed E-state index contributed by atoms with van der Waals surface area (Å²) in [7, 11) is 1.49. The van der Waals surface area contributed by atoms with E-state index < -0.39 is 5.91 Å². The summed E-state index contributed by atoms with van der Waals surface area (Å²) in [5.41, 5.74) is 6.29. The standard InChI is InChI=1S/C9H10ClNO2/c1-5-3-6(9(11)12)4-7(13-2)8(5)10/h3-4H,1-2H3,(H2,11,12). The van der Waals surface area contributed by atoms with E-state index in [0.717, 1.165) is 5.56 Å². The van der Waals surface area contributed by atoms with Gasteiger partial charge in [0.2, 0.25) is 5.91 Å². The number of benzene rings is 1. The van der Waals surface area contributed by atoms with Crippen LogP contribution in [0.15, 0.2) is 12.1 Å². The number of carbonyl (C=O) groups excluding carboxylic acids is 1. The molecule has 0 unspecified atom stereocenters. The molecule has 0 aromatic heterocycles. The van der Waals surface area contributed by atoms with Gasteiger partial charge in [0.15, 0.2) is 0 Å². The first kappa shape index (κ1) is 9.86. The number of aryl methyl sites for hydroxylation is 1. The Labute approximate surface area is 81.4 Å². The maximum atomic E-state index is 10.9. The number of nitrogens with two attached hydrogens (primary N) is 1. The summed E-state index contributed by atoms with van der Waals surface area (Å²) in [6.45, 7) is 1.79. The van der Waals surface area contributed by atoms with Crippen LogP contribution in [0.25, 0.3) is 0 Å². The second-order valence-electron chi connectivity index (χ2n) is 2.67. The summed E-state index contributed by atoms with van der Waals surface area (Å²) in [6, 6.07) is 3.16. The number of rotatable bonds is 2. The Morgan fingerprint density at radius 1 is 1.54 bits per heavy atom. The Morgan fingerprint density at radius 2 is 2.15 bits per heavy atom. The summed E-state index contributed by atoms with van der Waals surface area (Å²) in [5, 5.41) is 0.507. The topological polar surface area (TPSA) is 52.3 Å². The molecule has 70 valence electrons. The van der Waals surface area contributed by atoms with Crippen LogP contribution in [-0.4, -0.2) is 13.0 Å². The minimum atomic E-state index is -0.488. The number of methoxy groups -OCH3 is 1. The average molecular weight is 200 g/mol. The van der Waals surface area contributed by atoms with Crippen LogP contribution in [0.1, 0.15) is 15.9 Å². The van der Waals surface area contributed by atoms with Crippen LogP contribution in [0.4, 0.5) is 0 Å². The second-order valence-corrected chi connectivity index (χ2v) is 3.05. The van der Waals surface area contributed by atoms with Crippen LogP contribution in [-0.2, 0) is 0 Å². The molecule has 0 spiro atoms. The minimum Gasteiger partial charge on any atom is -0.495 e. The molecule has 0 fully saturated rings. The van der Waals surface area contributed by atoms with E-state index in [1.807, 2.05) is 0 Å². The molecule has 1 aromatic rings. The molecule has 0 saturated carbocycles. The lowest BCUT2D eigenvalue weighted by atomic mass is 10.1. The molecule has 0 heterocycles. The molecule has 4 heteroatoms. The fourth-order valence-corrected chi connectivity index (χ4v) is 1.21. The van der Waals surface area contributed by atoms with Crippen molar-refractivity contribution in [1.82, 2.24) is 0 Å². The van der Waals surface area contributed by atoms with Crippen molar-refractivity contribution < 1.29 is 9.53 Å². The zero-order valence-corrected chi connectivity index (χ0v) is 8.18. The van der Waals surface area contributed by atoms with Crippen molar-refractivity contribution in [2.24, 2.45) is 5.73 Å². The van der Waals surface area contributed by atoms with Gasteiger partial charge >= 0.3 is 0 Å². The monoisotopic (exact) mass is 199 g/mol. The lowest BCUT2D eigenvalue weighted by Gasteiger charge is -2.07. The Bertz CT molecular complexity index is 350. The van der Waals surface area contributed by atoms with Gasteiger partial charge in [-0.3, -0.25) is 4.79 Å². The summed E-state index contributed by atoms with van der Waals surface area (Å²) >= 11 is 5.89. The predicted octanol–water partition coefficient (Wildman–Crippen LogP) is 1.76. The van der Waals surface area contributed by atoms with E-state index in [1.165, 1.54) is 13.2 Å². The number of carbonyl (C=O) groups is 1. The molecule has 0 atom stereocenters. The third-order valence-electron chi connectivity index (χ3n) is 1.73. The Morgan fingerprint density at radius 3 is 2.62 bits per heavy atom. The van der Waals surface area contributed by atoms with Gasteiger partial charge in [0.05, 0.1) is 12.1 Å². The second kappa shape index (κ2) is 3.66. The van der Waals surface area contributed by atoms with Crippen LogP contribution in [0.2, 0.25) is 5.02 Å². The molecule has 1 aromatic carbocycles. The van der Waals surface area contributed by atoms with Gasteiger partial charge in [-0.1, -0.05) is 11.6 Å². The molecule has 0 aliphatic heterocycles. The largest absolute Gasteiger partial charge is 0.495 e. The lowest BCUT2D eigenvalue weighted by molar-refractivity contribution is 0.1000. The van der Waals surface area contributed by atoms with E-state index in [2.05, 4.69) is 0 Å². The molecule has 0 aliphatic carbocycles. The van der Waals surface area contributed by atoms with Crippen LogP contribution < -0.4 is 10.5 Å². The fraction of sp³-hybridized carbons (Fsp3) is 0.222. The maximum Gasteiger partial charge on any atom is 0.248 e. The van der Waals surface area contributed by atoms with Crippen molar-refractivity contribution in [2.45, 2.75) is 6.92 Å². The normalized spacial score (nSPS) is 9.77. The van der Waals surface area contributed by atoms with Crippen LogP contribution in [0, 0.1) is 6.92 Å². The van der Waals surface area contributed by atoms with E-state index >= 15 is 0 Å². The van der Waals surface area contributed by atoms with Gasteiger partial charge in [-0.2, -0.15) is 0 Å². The molecular formula is C9H10ClNO2. The van der Waals surface area contributed by atoms with Crippen molar-refractivity contribution in [2.75, 3.05) is 7.11 Å². The average Bonchev–Trinajstić information content (AvgIpc) is 2.09. The highest BCUT2D eigenvalue weighted by Crippen LogP contribution is 2.28. The highest BCUT2D eigenvalue weighted by Gasteiger charge is 2.09. The summed E-state index contributed by atoms with van der Waals surface area (Å²) < 4.78 is 4.98. The quantitative estimate of drug-likeness (QED) is 0.789. The van der Waals surface area contributed by atoms with Crippen molar-refractivity contribution in [3.8, 4) is 5.75 Å². The fourth-order valence-electron chi connectivity index (χ4n) is 1.03. The zero-order chi connectivity index (χ0) is 10.0. The Hall–Kier alpha value is -1.22. The summed E-state index contributed by atoms with van der Waals surface area (Å²) in [5.74, 6) is -0.0199. The number of hydrogen-bond donors (Lipinski definition) is 1. The number of hydrogen-bond acceptors (Lipinski definition) is 2. The molecule has 3 nitrogen and oxygen atoms in total. The van der Waals surface area contributed by atoms with Gasteiger partial charge in [-0.15, -0.1) is 0 Å². The zero-order valence-electron chi connectivity index (χ0n) is 7.43. The molecule has 1 rings (SSSR count). The molecule has 2 N–H and O–H groups in total. The molecule has 13 heavy (non-hydrogen) atoms. The molecule has 0 radical (unpaired) electrons. The maximum absolute atomic E-state index is 10.9. The smallest absolute Gasteiger partial charge is 0.248 e. The minimum absolute atomic E-state index is 0.402. The first-order valence-corrected chi connectivity index (χ1v) is 4.08. The van der Waals surface area contributed by atoms with E-state index in [0.29, 0.717) is 16.3 Å². The van der Waals surface area contributed by atoms with Gasteiger partial charge in [0.1, 0.15) is 5.75 Å². The first-order valence-electron chi connectivity index (χ1n) is 3.70. The summed E-state index contributed by atoms with van der Waals surface area (Å²) in [4.78, 5) is 10.9. The van der Waals surface area contributed by atoms with E-state index in [1.54, 1.807) is 13.0 Å². The molecular weight excluding hydrogens is 190 g/mol. The molecule has 0 bridgehead atoms.